The maximum absolute atomic E-state index is 13.5. The van der Waals surface area contributed by atoms with Gasteiger partial charge in [-0.05, 0) is 12.1 Å². The van der Waals surface area contributed by atoms with E-state index in [0.717, 1.165) is 6.20 Å². The lowest BCUT2D eigenvalue weighted by Gasteiger charge is -2.16. The first-order valence-electron chi connectivity index (χ1n) is 8.24. The lowest BCUT2D eigenvalue weighted by Crippen LogP contribution is -2.34. The van der Waals surface area contributed by atoms with Gasteiger partial charge in [0.15, 0.2) is 23.2 Å². The maximum atomic E-state index is 13.5. The van der Waals surface area contributed by atoms with Gasteiger partial charge in [0.2, 0.25) is 0 Å². The van der Waals surface area contributed by atoms with Crippen molar-refractivity contribution in [3.63, 3.8) is 0 Å². The second kappa shape index (κ2) is 7.23. The SMILES string of the molecule is Nc1nc(F)nc2c1ncn2[C@@H]1O[C@H](COS(=O)(=O)c2cccnc2)[C@@H](O)[C@H]1O. The molecule has 4 N–H and O–H groups in total. The standard InChI is InChI=1S/C15H15FN6O6S/c16-15-20-12(17)9-13(21-15)22(6-19-9)14-11(24)10(23)8(28-14)5-27-29(25,26)7-2-1-3-18-4-7/h1-4,6,8,10-11,14,23-24H,5H2,(H2,17,20,21)/t8-,10-,11-,14-/m1/s1. The molecule has 4 rings (SSSR count). The summed E-state index contributed by atoms with van der Waals surface area (Å²) >= 11 is 0. The number of nitrogens with two attached hydrogens (primary N) is 1. The smallest absolute Gasteiger partial charge is 0.312 e. The van der Waals surface area contributed by atoms with Crippen molar-refractivity contribution < 1.29 is 31.9 Å². The average Bonchev–Trinajstić information content (AvgIpc) is 3.23. The number of nitrogen functional groups attached to an aromatic ring is 1. The van der Waals surface area contributed by atoms with Crippen LogP contribution < -0.4 is 5.73 Å². The highest BCUT2D eigenvalue weighted by Crippen LogP contribution is 2.32. The van der Waals surface area contributed by atoms with Crippen LogP contribution in [0.1, 0.15) is 6.23 Å². The summed E-state index contributed by atoms with van der Waals surface area (Å²) in [6.07, 6.45) is -2.85. The Hall–Kier alpha value is -2.78. The molecule has 0 amide bonds. The predicted molar refractivity (Wildman–Crippen MR) is 93.0 cm³/mol. The minimum atomic E-state index is -4.15. The number of fused-ring (bicyclic) bond motifs is 1. The molecule has 3 aromatic heterocycles. The summed E-state index contributed by atoms with van der Waals surface area (Å²) in [5, 5.41) is 20.6. The van der Waals surface area contributed by atoms with Crippen molar-refractivity contribution in [1.82, 2.24) is 24.5 Å². The zero-order valence-electron chi connectivity index (χ0n) is 14.5. The minimum Gasteiger partial charge on any atom is -0.387 e. The highest BCUT2D eigenvalue weighted by molar-refractivity contribution is 7.86. The summed E-state index contributed by atoms with van der Waals surface area (Å²) in [6.45, 7) is -0.579. The maximum Gasteiger partial charge on any atom is 0.312 e. The normalized spacial score (nSPS) is 24.9. The second-order valence-corrected chi connectivity index (χ2v) is 7.79. The van der Waals surface area contributed by atoms with E-state index in [-0.39, 0.29) is 21.9 Å². The summed E-state index contributed by atoms with van der Waals surface area (Å²) < 4.78 is 49.5. The summed E-state index contributed by atoms with van der Waals surface area (Å²) in [5.74, 6) is -0.207. The number of hydrogen-bond acceptors (Lipinski definition) is 11. The molecule has 0 bridgehead atoms. The van der Waals surface area contributed by atoms with Crippen molar-refractivity contribution >= 4 is 27.1 Å². The van der Waals surface area contributed by atoms with Crippen LogP contribution in [0.3, 0.4) is 0 Å². The fourth-order valence-electron chi connectivity index (χ4n) is 2.91. The van der Waals surface area contributed by atoms with Crippen LogP contribution in [0.2, 0.25) is 0 Å². The number of anilines is 1. The van der Waals surface area contributed by atoms with Crippen LogP contribution in [0.4, 0.5) is 10.2 Å². The summed E-state index contributed by atoms with van der Waals surface area (Å²) in [7, 11) is -4.15. The number of imidazole rings is 1. The van der Waals surface area contributed by atoms with Gasteiger partial charge in [-0.3, -0.25) is 13.7 Å². The van der Waals surface area contributed by atoms with Crippen LogP contribution in [0.15, 0.2) is 35.7 Å². The summed E-state index contributed by atoms with van der Waals surface area (Å²) in [5.41, 5.74) is 5.62. The second-order valence-electron chi connectivity index (χ2n) is 6.18. The number of rotatable bonds is 5. The number of aromatic nitrogens is 5. The molecule has 1 aliphatic heterocycles. The molecule has 0 radical (unpaired) electrons. The third-order valence-corrected chi connectivity index (χ3v) is 5.61. The molecular weight excluding hydrogens is 411 g/mol. The summed E-state index contributed by atoms with van der Waals surface area (Å²) in [6, 6.07) is 2.72. The third kappa shape index (κ3) is 3.51. The molecule has 4 atom stereocenters. The molecule has 0 saturated carbocycles. The van der Waals surface area contributed by atoms with Crippen molar-refractivity contribution in [3.05, 3.63) is 36.9 Å². The van der Waals surface area contributed by atoms with Gasteiger partial charge in [-0.1, -0.05) is 0 Å². The van der Waals surface area contributed by atoms with Crippen LogP contribution in [-0.4, -0.2) is 68.1 Å². The molecule has 0 unspecified atom stereocenters. The Kier molecular flexibility index (Phi) is 4.87. The lowest BCUT2D eigenvalue weighted by atomic mass is 10.1. The van der Waals surface area contributed by atoms with Crippen LogP contribution in [0, 0.1) is 6.08 Å². The van der Waals surface area contributed by atoms with E-state index in [1.54, 1.807) is 0 Å². The molecule has 3 aromatic rings. The molecule has 1 saturated heterocycles. The van der Waals surface area contributed by atoms with Crippen LogP contribution in [-0.2, 0) is 19.0 Å². The number of nitrogens with zero attached hydrogens (tertiary/aromatic N) is 5. The Morgan fingerprint density at radius 1 is 1.31 bits per heavy atom. The van der Waals surface area contributed by atoms with Gasteiger partial charge in [-0.15, -0.1) is 0 Å². The topological polar surface area (TPSA) is 176 Å². The van der Waals surface area contributed by atoms with E-state index in [9.17, 15) is 23.0 Å². The highest BCUT2D eigenvalue weighted by atomic mass is 32.2. The third-order valence-electron chi connectivity index (χ3n) is 4.34. The van der Waals surface area contributed by atoms with Crippen molar-refractivity contribution in [2.24, 2.45) is 0 Å². The van der Waals surface area contributed by atoms with E-state index < -0.39 is 47.3 Å². The van der Waals surface area contributed by atoms with Crippen LogP contribution in [0.5, 0.6) is 0 Å². The van der Waals surface area contributed by atoms with Gasteiger partial charge in [0.25, 0.3) is 10.1 Å². The van der Waals surface area contributed by atoms with Crippen molar-refractivity contribution in [2.45, 2.75) is 29.4 Å². The number of halogens is 1. The molecular formula is C15H15FN6O6S. The predicted octanol–water partition coefficient (Wildman–Crippen LogP) is -1.03. The monoisotopic (exact) mass is 426 g/mol. The van der Waals surface area contributed by atoms with Gasteiger partial charge < -0.3 is 20.7 Å². The Balaban J connectivity index is 1.55. The van der Waals surface area contributed by atoms with Gasteiger partial charge >= 0.3 is 6.08 Å². The highest BCUT2D eigenvalue weighted by Gasteiger charge is 2.45. The first kappa shape index (κ1) is 19.5. The number of aliphatic hydroxyl groups is 2. The lowest BCUT2D eigenvalue weighted by molar-refractivity contribution is -0.0467. The van der Waals surface area contributed by atoms with E-state index in [4.69, 9.17) is 14.7 Å². The zero-order chi connectivity index (χ0) is 20.8. The van der Waals surface area contributed by atoms with E-state index in [2.05, 4.69) is 19.9 Å². The molecule has 1 aliphatic rings. The number of aliphatic hydroxyl groups excluding tert-OH is 2. The Bertz CT molecular complexity index is 1140. The number of pyridine rings is 1. The molecule has 154 valence electrons. The van der Waals surface area contributed by atoms with E-state index in [1.807, 2.05) is 0 Å². The van der Waals surface area contributed by atoms with Gasteiger partial charge in [-0.25, -0.2) is 4.98 Å². The largest absolute Gasteiger partial charge is 0.387 e. The van der Waals surface area contributed by atoms with Crippen molar-refractivity contribution in [3.8, 4) is 0 Å². The molecule has 0 aromatic carbocycles. The fourth-order valence-corrected chi connectivity index (χ4v) is 3.80. The minimum absolute atomic E-state index is 0.0594. The van der Waals surface area contributed by atoms with Gasteiger partial charge in [0.1, 0.15) is 23.2 Å². The van der Waals surface area contributed by atoms with Crippen molar-refractivity contribution in [2.75, 3.05) is 12.3 Å². The molecule has 29 heavy (non-hydrogen) atoms. The molecule has 0 aliphatic carbocycles. The Morgan fingerprint density at radius 2 is 2.10 bits per heavy atom. The van der Waals surface area contributed by atoms with E-state index in [0.29, 0.717) is 0 Å². The Labute approximate surface area is 162 Å². The molecule has 12 nitrogen and oxygen atoms in total. The van der Waals surface area contributed by atoms with E-state index in [1.165, 1.54) is 29.2 Å². The van der Waals surface area contributed by atoms with Crippen LogP contribution in [0.25, 0.3) is 11.2 Å². The molecule has 14 heteroatoms. The van der Waals surface area contributed by atoms with Crippen LogP contribution >= 0.6 is 0 Å². The quantitative estimate of drug-likeness (QED) is 0.336. The van der Waals surface area contributed by atoms with Gasteiger partial charge in [0.05, 0.1) is 12.9 Å². The average molecular weight is 426 g/mol. The van der Waals surface area contributed by atoms with Gasteiger partial charge in [0, 0.05) is 12.4 Å². The Morgan fingerprint density at radius 3 is 2.83 bits per heavy atom. The first-order valence-corrected chi connectivity index (χ1v) is 9.65. The van der Waals surface area contributed by atoms with E-state index >= 15 is 0 Å². The summed E-state index contributed by atoms with van der Waals surface area (Å²) in [4.78, 5) is 14.4. The van der Waals surface area contributed by atoms with Gasteiger partial charge in [-0.2, -0.15) is 22.8 Å². The molecule has 0 spiro atoms. The zero-order valence-corrected chi connectivity index (χ0v) is 15.3. The molecule has 1 fully saturated rings. The number of hydrogen-bond donors (Lipinski definition) is 3. The first-order chi connectivity index (χ1) is 13.8. The number of ether oxygens (including phenoxy) is 1. The van der Waals surface area contributed by atoms with Crippen molar-refractivity contribution in [1.29, 1.82) is 0 Å². The molecule has 4 heterocycles. The fraction of sp³-hybridized carbons (Fsp3) is 0.333.